The first kappa shape index (κ1) is 10.9. The number of aryl methyl sites for hydroxylation is 2. The number of fused-ring (bicyclic) bond motifs is 1. The summed E-state index contributed by atoms with van der Waals surface area (Å²) in [6.45, 7) is 8.33. The topological polar surface area (TPSA) is 56.7 Å². The maximum absolute atomic E-state index is 5.97. The first-order chi connectivity index (χ1) is 7.43. The Hall–Kier alpha value is -1.58. The lowest BCUT2D eigenvalue weighted by atomic mass is 10.0. The van der Waals surface area contributed by atoms with Crippen LogP contribution in [-0.4, -0.2) is 14.5 Å². The molecule has 4 heteroatoms. The molecule has 16 heavy (non-hydrogen) atoms. The van der Waals surface area contributed by atoms with Gasteiger partial charge in [0.15, 0.2) is 5.82 Å². The van der Waals surface area contributed by atoms with E-state index in [1.807, 2.05) is 14.0 Å². The molecule has 2 N–H and O–H groups in total. The van der Waals surface area contributed by atoms with Gasteiger partial charge in [-0.2, -0.15) is 0 Å². The van der Waals surface area contributed by atoms with Crippen LogP contribution >= 0.6 is 0 Å². The molecule has 0 aliphatic heterocycles. The van der Waals surface area contributed by atoms with E-state index in [-0.39, 0.29) is 0 Å². The third-order valence-electron chi connectivity index (χ3n) is 3.08. The van der Waals surface area contributed by atoms with Crippen molar-refractivity contribution in [2.45, 2.75) is 33.6 Å². The maximum Gasteiger partial charge on any atom is 0.151 e. The summed E-state index contributed by atoms with van der Waals surface area (Å²) < 4.78 is 2.08. The molecule has 0 spiro atoms. The van der Waals surface area contributed by atoms with Gasteiger partial charge in [-0.25, -0.2) is 9.97 Å². The van der Waals surface area contributed by atoms with Gasteiger partial charge in [0, 0.05) is 18.3 Å². The highest BCUT2D eigenvalue weighted by atomic mass is 15.0. The Bertz CT molecular complexity index is 552. The highest BCUT2D eigenvalue weighted by Crippen LogP contribution is 2.31. The summed E-state index contributed by atoms with van der Waals surface area (Å²) in [5.41, 5.74) is 10.4. The summed E-state index contributed by atoms with van der Waals surface area (Å²) in [6.07, 6.45) is 0. The minimum atomic E-state index is 0.442. The molecular formula is C12H18N4. The Balaban J connectivity index is 2.96. The molecule has 0 atom stereocenters. The third kappa shape index (κ3) is 1.37. The van der Waals surface area contributed by atoms with Gasteiger partial charge < -0.3 is 10.3 Å². The molecule has 0 saturated heterocycles. The van der Waals surface area contributed by atoms with E-state index in [1.54, 1.807) is 0 Å². The van der Waals surface area contributed by atoms with Crippen LogP contribution in [0.3, 0.4) is 0 Å². The van der Waals surface area contributed by atoms with Crippen LogP contribution < -0.4 is 5.73 Å². The minimum Gasteiger partial charge on any atom is -0.382 e. The molecule has 0 aromatic carbocycles. The molecule has 2 rings (SSSR count). The first-order valence-corrected chi connectivity index (χ1v) is 5.52. The van der Waals surface area contributed by atoms with Gasteiger partial charge in [-0.05, 0) is 19.8 Å². The van der Waals surface area contributed by atoms with Crippen molar-refractivity contribution in [1.29, 1.82) is 0 Å². The third-order valence-corrected chi connectivity index (χ3v) is 3.08. The van der Waals surface area contributed by atoms with E-state index in [0.29, 0.717) is 11.7 Å². The Morgan fingerprint density at radius 1 is 1.19 bits per heavy atom. The summed E-state index contributed by atoms with van der Waals surface area (Å²) in [6, 6.07) is 0. The number of nitrogen functional groups attached to an aromatic ring is 1. The number of hydrogen-bond acceptors (Lipinski definition) is 3. The Kier molecular flexibility index (Phi) is 2.37. The van der Waals surface area contributed by atoms with Crippen LogP contribution in [-0.2, 0) is 7.05 Å². The van der Waals surface area contributed by atoms with Gasteiger partial charge in [0.1, 0.15) is 11.3 Å². The van der Waals surface area contributed by atoms with Crippen molar-refractivity contribution < 1.29 is 0 Å². The average Bonchev–Trinajstić information content (AvgIpc) is 2.38. The Labute approximate surface area is 95.5 Å². The minimum absolute atomic E-state index is 0.442. The zero-order valence-electron chi connectivity index (χ0n) is 10.5. The van der Waals surface area contributed by atoms with E-state index >= 15 is 0 Å². The highest BCUT2D eigenvalue weighted by Gasteiger charge is 2.18. The van der Waals surface area contributed by atoms with Crippen LogP contribution in [0.1, 0.15) is 36.8 Å². The Morgan fingerprint density at radius 2 is 1.81 bits per heavy atom. The molecule has 0 aliphatic rings. The van der Waals surface area contributed by atoms with E-state index in [4.69, 9.17) is 5.73 Å². The van der Waals surface area contributed by atoms with Gasteiger partial charge in [0.25, 0.3) is 0 Å². The zero-order chi connectivity index (χ0) is 12.0. The van der Waals surface area contributed by atoms with Gasteiger partial charge in [0.2, 0.25) is 0 Å². The molecule has 2 aromatic heterocycles. The number of nitrogens with two attached hydrogens (primary N) is 1. The molecule has 2 aromatic rings. The molecule has 2 heterocycles. The number of nitrogens with zero attached hydrogens (tertiary/aromatic N) is 3. The van der Waals surface area contributed by atoms with Crippen molar-refractivity contribution >= 4 is 16.9 Å². The van der Waals surface area contributed by atoms with E-state index < -0.39 is 0 Å². The van der Waals surface area contributed by atoms with E-state index in [9.17, 15) is 0 Å². The monoisotopic (exact) mass is 218 g/mol. The predicted octanol–water partition coefficient (Wildman–Crippen LogP) is 2.29. The quantitative estimate of drug-likeness (QED) is 0.799. The predicted molar refractivity (Wildman–Crippen MR) is 66.5 cm³/mol. The SMILES string of the molecule is Cc1nc(N)c2c(n1)c(C(C)C)c(C)n2C. The second-order valence-electron chi connectivity index (χ2n) is 4.57. The molecule has 0 radical (unpaired) electrons. The van der Waals surface area contributed by atoms with E-state index in [0.717, 1.165) is 16.9 Å². The van der Waals surface area contributed by atoms with Crippen molar-refractivity contribution in [3.05, 3.63) is 17.1 Å². The van der Waals surface area contributed by atoms with Crippen LogP contribution in [0.25, 0.3) is 11.0 Å². The summed E-state index contributed by atoms with van der Waals surface area (Å²) in [5.74, 6) is 1.75. The standard InChI is InChI=1S/C12H18N4/c1-6(2)9-7(3)16(5)11-10(9)14-8(4)15-12(11)13/h6H,1-5H3,(H2,13,14,15). The Morgan fingerprint density at radius 3 is 2.38 bits per heavy atom. The van der Waals surface area contributed by atoms with Crippen molar-refractivity contribution in [3.63, 3.8) is 0 Å². The van der Waals surface area contributed by atoms with Crippen LogP contribution in [0.5, 0.6) is 0 Å². The van der Waals surface area contributed by atoms with Gasteiger partial charge in [0.05, 0.1) is 5.52 Å². The molecule has 0 unspecified atom stereocenters. The summed E-state index contributed by atoms with van der Waals surface area (Å²) in [5, 5.41) is 0. The molecule has 0 saturated carbocycles. The number of anilines is 1. The molecule has 86 valence electrons. The second-order valence-corrected chi connectivity index (χ2v) is 4.57. The van der Waals surface area contributed by atoms with Crippen molar-refractivity contribution in [2.75, 3.05) is 5.73 Å². The van der Waals surface area contributed by atoms with Crippen molar-refractivity contribution in [3.8, 4) is 0 Å². The fourth-order valence-electron chi connectivity index (χ4n) is 2.32. The lowest BCUT2D eigenvalue weighted by Crippen LogP contribution is -2.00. The van der Waals surface area contributed by atoms with Crippen LogP contribution in [0.2, 0.25) is 0 Å². The summed E-state index contributed by atoms with van der Waals surface area (Å²) in [7, 11) is 2.01. The van der Waals surface area contributed by atoms with Gasteiger partial charge in [-0.3, -0.25) is 0 Å². The van der Waals surface area contributed by atoms with Crippen molar-refractivity contribution in [2.24, 2.45) is 7.05 Å². The molecule has 0 bridgehead atoms. The van der Waals surface area contributed by atoms with Gasteiger partial charge in [-0.1, -0.05) is 13.8 Å². The normalized spacial score (nSPS) is 11.6. The number of hydrogen-bond donors (Lipinski definition) is 1. The highest BCUT2D eigenvalue weighted by molar-refractivity contribution is 5.89. The maximum atomic E-state index is 5.97. The largest absolute Gasteiger partial charge is 0.382 e. The lowest BCUT2D eigenvalue weighted by Gasteiger charge is -2.04. The second kappa shape index (κ2) is 3.47. The molecule has 0 aliphatic carbocycles. The van der Waals surface area contributed by atoms with E-state index in [2.05, 4.69) is 35.3 Å². The first-order valence-electron chi connectivity index (χ1n) is 5.52. The molecule has 0 amide bonds. The van der Waals surface area contributed by atoms with Crippen LogP contribution in [0.4, 0.5) is 5.82 Å². The van der Waals surface area contributed by atoms with Crippen LogP contribution in [0.15, 0.2) is 0 Å². The summed E-state index contributed by atoms with van der Waals surface area (Å²) >= 11 is 0. The number of aromatic nitrogens is 3. The molecule has 4 nitrogen and oxygen atoms in total. The summed E-state index contributed by atoms with van der Waals surface area (Å²) in [4.78, 5) is 8.75. The molecular weight excluding hydrogens is 200 g/mol. The smallest absolute Gasteiger partial charge is 0.151 e. The van der Waals surface area contributed by atoms with Crippen molar-refractivity contribution in [1.82, 2.24) is 14.5 Å². The fourth-order valence-corrected chi connectivity index (χ4v) is 2.32. The fraction of sp³-hybridized carbons (Fsp3) is 0.500. The molecule has 0 fully saturated rings. The van der Waals surface area contributed by atoms with Gasteiger partial charge in [-0.15, -0.1) is 0 Å². The zero-order valence-corrected chi connectivity index (χ0v) is 10.5. The lowest BCUT2D eigenvalue weighted by molar-refractivity contribution is 0.828. The average molecular weight is 218 g/mol. The van der Waals surface area contributed by atoms with E-state index in [1.165, 1.54) is 11.3 Å². The van der Waals surface area contributed by atoms with Gasteiger partial charge >= 0.3 is 0 Å². The van der Waals surface area contributed by atoms with Crippen LogP contribution in [0, 0.1) is 13.8 Å². The number of rotatable bonds is 1.